The summed E-state index contributed by atoms with van der Waals surface area (Å²) in [7, 11) is 1.56. The van der Waals surface area contributed by atoms with E-state index in [0.717, 1.165) is 12.0 Å². The van der Waals surface area contributed by atoms with Gasteiger partial charge in [-0.15, -0.1) is 0 Å². The van der Waals surface area contributed by atoms with Crippen LogP contribution in [0.25, 0.3) is 0 Å². The first-order valence-corrected chi connectivity index (χ1v) is 11.0. The van der Waals surface area contributed by atoms with Crippen LogP contribution in [-0.2, 0) is 6.54 Å². The first-order chi connectivity index (χ1) is 16.0. The molecule has 1 heterocycles. The molecule has 0 saturated carbocycles. The highest BCUT2D eigenvalue weighted by Crippen LogP contribution is 2.34. The number of urea groups is 2. The Balaban J connectivity index is 1.51. The highest BCUT2D eigenvalue weighted by Gasteiger charge is 2.29. The Labute approximate surface area is 197 Å². The number of halogens is 1. The van der Waals surface area contributed by atoms with Crippen LogP contribution < -0.4 is 20.3 Å². The third-order valence-electron chi connectivity index (χ3n) is 5.33. The van der Waals surface area contributed by atoms with Gasteiger partial charge < -0.3 is 20.3 Å². The number of carbonyl (C=O) groups excluding carboxylic acids is 2. The topological polar surface area (TPSA) is 73.9 Å². The number of methoxy groups -OCH3 is 1. The fourth-order valence-corrected chi connectivity index (χ4v) is 4.01. The number of hydrogen-bond donors (Lipinski definition) is 2. The van der Waals surface area contributed by atoms with Gasteiger partial charge in [-0.3, -0.25) is 4.90 Å². The third-order valence-corrected chi connectivity index (χ3v) is 5.57. The summed E-state index contributed by atoms with van der Waals surface area (Å²) in [5, 5.41) is 6.25. The normalized spacial score (nSPS) is 13.6. The Morgan fingerprint density at radius 1 is 0.970 bits per heavy atom. The maximum absolute atomic E-state index is 13.3. The molecule has 3 aromatic rings. The van der Waals surface area contributed by atoms with E-state index in [0.29, 0.717) is 47.5 Å². The van der Waals surface area contributed by atoms with Gasteiger partial charge in [0.2, 0.25) is 0 Å². The lowest BCUT2D eigenvalue weighted by molar-refractivity contribution is 0.192. The number of hydrogen-bond acceptors (Lipinski definition) is 3. The zero-order valence-electron chi connectivity index (χ0n) is 18.3. The van der Waals surface area contributed by atoms with Crippen LogP contribution in [0.15, 0.2) is 72.8 Å². The number of anilines is 3. The second-order valence-electron chi connectivity index (χ2n) is 7.67. The lowest BCUT2D eigenvalue weighted by Crippen LogP contribution is -2.49. The summed E-state index contributed by atoms with van der Waals surface area (Å²) in [6.07, 6.45) is 0.807. The standard InChI is InChI=1S/C25H25ClN4O3/c1-33-23-12-11-21(28-24(31)27-20-9-3-2-4-10-20)16-22(23)30-14-6-13-29(25(30)32)17-18-7-5-8-19(26)15-18/h2-5,7-12,15-16H,6,13-14,17H2,1H3,(H2,27,28,31). The lowest BCUT2D eigenvalue weighted by atomic mass is 10.1. The minimum absolute atomic E-state index is 0.120. The average molecular weight is 465 g/mol. The van der Waals surface area contributed by atoms with E-state index in [1.165, 1.54) is 0 Å². The van der Waals surface area contributed by atoms with Crippen LogP contribution in [-0.4, -0.2) is 37.2 Å². The summed E-state index contributed by atoms with van der Waals surface area (Å²) in [6, 6.07) is 21.4. The van der Waals surface area contributed by atoms with E-state index in [-0.39, 0.29) is 12.1 Å². The number of para-hydroxylation sites is 1. The number of rotatable bonds is 6. The van der Waals surface area contributed by atoms with Crippen LogP contribution >= 0.6 is 11.6 Å². The Bertz CT molecular complexity index is 1140. The molecule has 1 fully saturated rings. The SMILES string of the molecule is COc1ccc(NC(=O)Nc2ccccc2)cc1N1CCCN(Cc2cccc(Cl)c2)C1=O. The van der Waals surface area contributed by atoms with Crippen molar-refractivity contribution in [2.75, 3.05) is 35.7 Å². The van der Waals surface area contributed by atoms with Gasteiger partial charge in [-0.2, -0.15) is 0 Å². The molecule has 0 atom stereocenters. The van der Waals surface area contributed by atoms with Crippen molar-refractivity contribution in [3.63, 3.8) is 0 Å². The summed E-state index contributed by atoms with van der Waals surface area (Å²) in [6.45, 7) is 1.68. The maximum atomic E-state index is 13.3. The number of carbonyl (C=O) groups is 2. The van der Waals surface area contributed by atoms with Crippen LogP contribution in [0.5, 0.6) is 5.75 Å². The molecule has 0 aromatic heterocycles. The molecule has 0 aliphatic carbocycles. The summed E-state index contributed by atoms with van der Waals surface area (Å²) in [4.78, 5) is 29.2. The molecule has 4 amide bonds. The zero-order valence-corrected chi connectivity index (χ0v) is 19.0. The van der Waals surface area contributed by atoms with Crippen LogP contribution in [0.4, 0.5) is 26.7 Å². The van der Waals surface area contributed by atoms with Crippen molar-refractivity contribution < 1.29 is 14.3 Å². The van der Waals surface area contributed by atoms with Gasteiger partial charge >= 0.3 is 12.1 Å². The Hall–Kier alpha value is -3.71. The van der Waals surface area contributed by atoms with Gasteiger partial charge in [0.05, 0.1) is 12.8 Å². The monoisotopic (exact) mass is 464 g/mol. The minimum atomic E-state index is -0.370. The molecule has 0 spiro atoms. The molecule has 1 saturated heterocycles. The second-order valence-corrected chi connectivity index (χ2v) is 8.11. The molecule has 8 heteroatoms. The van der Waals surface area contributed by atoms with E-state index in [2.05, 4.69) is 10.6 Å². The molecule has 33 heavy (non-hydrogen) atoms. The largest absolute Gasteiger partial charge is 0.495 e. The molecule has 1 aliphatic rings. The molecule has 0 radical (unpaired) electrons. The van der Waals surface area contributed by atoms with Gasteiger partial charge in [0.1, 0.15) is 5.75 Å². The van der Waals surface area contributed by atoms with Crippen LogP contribution in [0.2, 0.25) is 5.02 Å². The van der Waals surface area contributed by atoms with Crippen molar-refractivity contribution in [3.05, 3.63) is 83.4 Å². The smallest absolute Gasteiger partial charge is 0.324 e. The number of ether oxygens (including phenoxy) is 1. The van der Waals surface area contributed by atoms with E-state index in [1.54, 1.807) is 47.2 Å². The Morgan fingerprint density at radius 2 is 1.76 bits per heavy atom. The number of benzene rings is 3. The van der Waals surface area contributed by atoms with Crippen molar-refractivity contribution in [1.29, 1.82) is 0 Å². The van der Waals surface area contributed by atoms with Gasteiger partial charge in [0.15, 0.2) is 0 Å². The molecular formula is C25H25ClN4O3. The molecule has 3 aromatic carbocycles. The van der Waals surface area contributed by atoms with Crippen molar-refractivity contribution in [1.82, 2.24) is 4.90 Å². The summed E-state index contributed by atoms with van der Waals surface area (Å²) >= 11 is 6.10. The molecule has 7 nitrogen and oxygen atoms in total. The summed E-state index contributed by atoms with van der Waals surface area (Å²) < 4.78 is 5.51. The minimum Gasteiger partial charge on any atom is -0.495 e. The zero-order chi connectivity index (χ0) is 23.2. The van der Waals surface area contributed by atoms with Crippen LogP contribution in [0.3, 0.4) is 0 Å². The molecule has 1 aliphatic heterocycles. The van der Waals surface area contributed by atoms with E-state index in [9.17, 15) is 9.59 Å². The fourth-order valence-electron chi connectivity index (χ4n) is 3.80. The number of nitrogens with zero attached hydrogens (tertiary/aromatic N) is 2. The fraction of sp³-hybridized carbons (Fsp3) is 0.200. The molecule has 4 rings (SSSR count). The predicted octanol–water partition coefficient (Wildman–Crippen LogP) is 5.82. The summed E-state index contributed by atoms with van der Waals surface area (Å²) in [5.74, 6) is 0.557. The summed E-state index contributed by atoms with van der Waals surface area (Å²) in [5.41, 5.74) is 2.82. The first kappa shape index (κ1) is 22.5. The maximum Gasteiger partial charge on any atom is 0.324 e. The molecule has 170 valence electrons. The van der Waals surface area contributed by atoms with Gasteiger partial charge in [0, 0.05) is 36.0 Å². The second kappa shape index (κ2) is 10.3. The van der Waals surface area contributed by atoms with Gasteiger partial charge in [0.25, 0.3) is 0 Å². The quantitative estimate of drug-likeness (QED) is 0.482. The van der Waals surface area contributed by atoms with Crippen molar-refractivity contribution >= 4 is 40.7 Å². The molecule has 0 bridgehead atoms. The van der Waals surface area contributed by atoms with Crippen molar-refractivity contribution in [2.45, 2.75) is 13.0 Å². The van der Waals surface area contributed by atoms with Crippen LogP contribution in [0.1, 0.15) is 12.0 Å². The Morgan fingerprint density at radius 3 is 2.52 bits per heavy atom. The van der Waals surface area contributed by atoms with Crippen molar-refractivity contribution in [3.8, 4) is 5.75 Å². The molecular weight excluding hydrogens is 440 g/mol. The van der Waals surface area contributed by atoms with E-state index < -0.39 is 0 Å². The predicted molar refractivity (Wildman–Crippen MR) is 131 cm³/mol. The van der Waals surface area contributed by atoms with Gasteiger partial charge in [-0.1, -0.05) is 41.9 Å². The third kappa shape index (κ3) is 5.56. The van der Waals surface area contributed by atoms with E-state index in [1.807, 2.05) is 42.5 Å². The van der Waals surface area contributed by atoms with E-state index in [4.69, 9.17) is 16.3 Å². The lowest BCUT2D eigenvalue weighted by Gasteiger charge is -2.36. The number of amides is 4. The Kier molecular flexibility index (Phi) is 7.00. The molecule has 0 unspecified atom stereocenters. The van der Waals surface area contributed by atoms with E-state index >= 15 is 0 Å². The van der Waals surface area contributed by atoms with Gasteiger partial charge in [-0.05, 0) is 54.4 Å². The molecule has 2 N–H and O–H groups in total. The number of nitrogens with one attached hydrogen (secondary N) is 2. The van der Waals surface area contributed by atoms with Crippen molar-refractivity contribution in [2.24, 2.45) is 0 Å². The van der Waals surface area contributed by atoms with Gasteiger partial charge in [-0.25, -0.2) is 9.59 Å². The highest BCUT2D eigenvalue weighted by atomic mass is 35.5. The highest BCUT2D eigenvalue weighted by molar-refractivity contribution is 6.30. The van der Waals surface area contributed by atoms with Crippen LogP contribution in [0, 0.1) is 0 Å². The first-order valence-electron chi connectivity index (χ1n) is 10.7. The average Bonchev–Trinajstić information content (AvgIpc) is 2.81.